The van der Waals surface area contributed by atoms with E-state index in [9.17, 15) is 0 Å². The zero-order chi connectivity index (χ0) is 10.6. The van der Waals surface area contributed by atoms with Crippen LogP contribution in [-0.4, -0.2) is 12.0 Å². The normalized spacial score (nSPS) is 9.00. The molecule has 72 valence electrons. The predicted molar refractivity (Wildman–Crippen MR) is 60.3 cm³/mol. The minimum absolute atomic E-state index is 1.24. The maximum atomic E-state index is 5.83. The van der Waals surface area contributed by atoms with Gasteiger partial charge in [-0.3, -0.25) is 0 Å². The third kappa shape index (κ3) is 1.94. The van der Waals surface area contributed by atoms with Crippen LogP contribution in [0.1, 0.15) is 11.3 Å². The smallest absolute Gasteiger partial charge is 0.205 e. The number of para-hydroxylation sites is 1. The first-order valence-electron chi connectivity index (χ1n) is 4.50. The van der Waals surface area contributed by atoms with E-state index in [2.05, 4.69) is 47.9 Å². The SMILES string of the molecule is Cc1[nH]c2ccccc2c1C.[C-]#[N+]C. The van der Waals surface area contributed by atoms with Gasteiger partial charge in [0.25, 0.3) is 0 Å². The number of aryl methyl sites for hydroxylation is 2. The molecule has 2 rings (SSSR count). The van der Waals surface area contributed by atoms with E-state index in [-0.39, 0.29) is 0 Å². The number of nitrogens with one attached hydrogen (secondary N) is 1. The molecule has 0 aliphatic carbocycles. The molecule has 0 spiro atoms. The molecule has 1 aromatic carbocycles. The molecule has 0 radical (unpaired) electrons. The highest BCUT2D eigenvalue weighted by molar-refractivity contribution is 5.84. The van der Waals surface area contributed by atoms with Gasteiger partial charge in [0.2, 0.25) is 7.05 Å². The van der Waals surface area contributed by atoms with Crippen molar-refractivity contribution in [3.05, 3.63) is 46.9 Å². The average Bonchev–Trinajstić information content (AvgIpc) is 2.45. The Morgan fingerprint density at radius 2 is 1.79 bits per heavy atom. The number of hydrogen-bond acceptors (Lipinski definition) is 0. The highest BCUT2D eigenvalue weighted by Crippen LogP contribution is 2.19. The van der Waals surface area contributed by atoms with E-state index >= 15 is 0 Å². The number of nitrogens with zero attached hydrogens (tertiary/aromatic N) is 1. The second kappa shape index (κ2) is 4.48. The first-order chi connectivity index (χ1) is 6.70. The number of fused-ring (bicyclic) bond motifs is 1. The molecule has 0 aliphatic heterocycles. The summed E-state index contributed by atoms with van der Waals surface area (Å²) in [5.74, 6) is 0. The summed E-state index contributed by atoms with van der Waals surface area (Å²) in [5, 5.41) is 1.34. The summed E-state index contributed by atoms with van der Waals surface area (Å²) in [7, 11) is 1.42. The fourth-order valence-corrected chi connectivity index (χ4v) is 1.42. The van der Waals surface area contributed by atoms with Crippen molar-refractivity contribution in [2.75, 3.05) is 7.05 Å². The first kappa shape index (κ1) is 10.3. The van der Waals surface area contributed by atoms with Crippen molar-refractivity contribution in [2.24, 2.45) is 0 Å². The topological polar surface area (TPSA) is 20.1 Å². The van der Waals surface area contributed by atoms with Gasteiger partial charge in [-0.05, 0) is 25.5 Å². The van der Waals surface area contributed by atoms with E-state index in [1.807, 2.05) is 0 Å². The van der Waals surface area contributed by atoms with Crippen molar-refractivity contribution in [1.82, 2.24) is 4.98 Å². The van der Waals surface area contributed by atoms with Crippen LogP contribution < -0.4 is 0 Å². The molecular formula is C12H14N2. The fraction of sp³-hybridized carbons (Fsp3) is 0.250. The average molecular weight is 186 g/mol. The van der Waals surface area contributed by atoms with E-state index in [1.54, 1.807) is 0 Å². The Morgan fingerprint density at radius 1 is 1.21 bits per heavy atom. The molecule has 0 fully saturated rings. The summed E-state index contributed by atoms with van der Waals surface area (Å²) in [5.41, 5.74) is 3.87. The van der Waals surface area contributed by atoms with Crippen molar-refractivity contribution in [3.8, 4) is 0 Å². The van der Waals surface area contributed by atoms with Gasteiger partial charge in [-0.15, -0.1) is 0 Å². The molecule has 1 aromatic heterocycles. The quantitative estimate of drug-likeness (QED) is 0.609. The van der Waals surface area contributed by atoms with Gasteiger partial charge in [-0.1, -0.05) is 18.2 Å². The van der Waals surface area contributed by atoms with Crippen LogP contribution in [0.15, 0.2) is 24.3 Å². The molecule has 0 saturated heterocycles. The van der Waals surface area contributed by atoms with Crippen LogP contribution >= 0.6 is 0 Å². The fourth-order valence-electron chi connectivity index (χ4n) is 1.42. The first-order valence-corrected chi connectivity index (χ1v) is 4.50. The summed E-state index contributed by atoms with van der Waals surface area (Å²) in [6, 6.07) is 8.38. The van der Waals surface area contributed by atoms with E-state index < -0.39 is 0 Å². The van der Waals surface area contributed by atoms with Crippen molar-refractivity contribution in [1.29, 1.82) is 0 Å². The molecule has 1 N–H and O–H groups in total. The molecule has 14 heavy (non-hydrogen) atoms. The van der Waals surface area contributed by atoms with Gasteiger partial charge >= 0.3 is 0 Å². The third-order valence-electron chi connectivity index (χ3n) is 2.22. The minimum Gasteiger partial charge on any atom is -0.358 e. The second-order valence-electron chi connectivity index (χ2n) is 3.14. The van der Waals surface area contributed by atoms with Gasteiger partial charge < -0.3 is 9.83 Å². The summed E-state index contributed by atoms with van der Waals surface area (Å²) in [6.07, 6.45) is 0. The van der Waals surface area contributed by atoms with Gasteiger partial charge in [-0.2, -0.15) is 0 Å². The van der Waals surface area contributed by atoms with E-state index in [0.717, 1.165) is 0 Å². The molecule has 0 aliphatic rings. The lowest BCUT2D eigenvalue weighted by Crippen LogP contribution is -1.70. The Hall–Kier alpha value is -1.75. The van der Waals surface area contributed by atoms with Crippen molar-refractivity contribution < 1.29 is 0 Å². The van der Waals surface area contributed by atoms with Crippen LogP contribution in [0.2, 0.25) is 0 Å². The highest BCUT2D eigenvalue weighted by Gasteiger charge is 2.00. The maximum absolute atomic E-state index is 5.83. The molecule has 2 heteroatoms. The Labute approximate surface area is 84.4 Å². The predicted octanol–water partition coefficient (Wildman–Crippen LogP) is 3.32. The number of hydrogen-bond donors (Lipinski definition) is 1. The zero-order valence-corrected chi connectivity index (χ0v) is 8.76. The van der Waals surface area contributed by atoms with Gasteiger partial charge in [0, 0.05) is 16.6 Å². The number of aromatic amines is 1. The standard InChI is InChI=1S/C10H11N.C2H3N/c1-7-8(2)11-10-6-4-3-5-9(7)10;1-3-2/h3-6,11H,1-2H3;1H3. The van der Waals surface area contributed by atoms with Crippen LogP contribution in [0.5, 0.6) is 0 Å². The van der Waals surface area contributed by atoms with Gasteiger partial charge in [0.1, 0.15) is 0 Å². The Balaban J connectivity index is 0.000000293. The molecule has 0 saturated carbocycles. The van der Waals surface area contributed by atoms with Gasteiger partial charge in [0.15, 0.2) is 0 Å². The van der Waals surface area contributed by atoms with E-state index in [1.165, 1.54) is 29.2 Å². The van der Waals surface area contributed by atoms with Crippen LogP contribution in [0.25, 0.3) is 15.7 Å². The van der Waals surface area contributed by atoms with Gasteiger partial charge in [-0.25, -0.2) is 6.57 Å². The van der Waals surface area contributed by atoms with Gasteiger partial charge in [0.05, 0.1) is 0 Å². The third-order valence-corrected chi connectivity index (χ3v) is 2.22. The zero-order valence-electron chi connectivity index (χ0n) is 8.76. The minimum atomic E-state index is 1.24. The van der Waals surface area contributed by atoms with E-state index in [0.29, 0.717) is 0 Å². The molecule has 0 unspecified atom stereocenters. The lowest BCUT2D eigenvalue weighted by molar-refractivity contribution is 1.25. The van der Waals surface area contributed by atoms with Crippen LogP contribution in [0.3, 0.4) is 0 Å². The van der Waals surface area contributed by atoms with Crippen molar-refractivity contribution in [3.63, 3.8) is 0 Å². The lowest BCUT2D eigenvalue weighted by Gasteiger charge is -1.87. The summed E-state index contributed by atoms with van der Waals surface area (Å²) in [6.45, 7) is 10.1. The maximum Gasteiger partial charge on any atom is 0.205 e. The second-order valence-corrected chi connectivity index (χ2v) is 3.14. The monoisotopic (exact) mass is 186 g/mol. The summed E-state index contributed by atoms with van der Waals surface area (Å²) in [4.78, 5) is 6.08. The Bertz CT molecular complexity index is 461. The largest absolute Gasteiger partial charge is 0.358 e. The molecular weight excluding hydrogens is 172 g/mol. The molecule has 0 bridgehead atoms. The summed E-state index contributed by atoms with van der Waals surface area (Å²) < 4.78 is 0. The molecule has 0 atom stereocenters. The van der Waals surface area contributed by atoms with E-state index in [4.69, 9.17) is 6.57 Å². The Morgan fingerprint density at radius 3 is 2.36 bits per heavy atom. The van der Waals surface area contributed by atoms with Crippen molar-refractivity contribution in [2.45, 2.75) is 13.8 Å². The van der Waals surface area contributed by atoms with Crippen LogP contribution in [0, 0.1) is 20.4 Å². The Kier molecular flexibility index (Phi) is 3.30. The van der Waals surface area contributed by atoms with Crippen LogP contribution in [0.4, 0.5) is 0 Å². The molecule has 2 aromatic rings. The van der Waals surface area contributed by atoms with Crippen molar-refractivity contribution >= 4 is 10.9 Å². The number of benzene rings is 1. The highest BCUT2D eigenvalue weighted by atomic mass is 14.7. The molecule has 0 amide bonds. The molecule has 1 heterocycles. The number of aromatic nitrogens is 1. The number of rotatable bonds is 0. The van der Waals surface area contributed by atoms with Crippen LogP contribution in [-0.2, 0) is 0 Å². The lowest BCUT2D eigenvalue weighted by atomic mass is 10.2. The number of H-pyrrole nitrogens is 1. The molecule has 2 nitrogen and oxygen atoms in total. The summed E-state index contributed by atoms with van der Waals surface area (Å²) >= 11 is 0.